The summed E-state index contributed by atoms with van der Waals surface area (Å²) in [5.41, 5.74) is 3.41. The molecule has 0 unspecified atom stereocenters. The summed E-state index contributed by atoms with van der Waals surface area (Å²) in [5.74, 6) is 0.221. The molecule has 6 nitrogen and oxygen atoms in total. The van der Waals surface area contributed by atoms with E-state index in [1.807, 2.05) is 12.1 Å². The molecule has 134 valence electrons. The second-order valence-corrected chi connectivity index (χ2v) is 7.39. The number of carbonyl (C=O) groups excluding carboxylic acids is 1. The minimum atomic E-state index is -0.000118. The van der Waals surface area contributed by atoms with Crippen molar-refractivity contribution in [3.8, 4) is 22.5 Å². The van der Waals surface area contributed by atoms with Crippen LogP contribution in [-0.4, -0.2) is 26.7 Å². The zero-order chi connectivity index (χ0) is 18.6. The third kappa shape index (κ3) is 4.01. The van der Waals surface area contributed by atoms with Gasteiger partial charge < -0.3 is 8.83 Å². The summed E-state index contributed by atoms with van der Waals surface area (Å²) in [6.07, 6.45) is 6.31. The van der Waals surface area contributed by atoms with Gasteiger partial charge >= 0.3 is 0 Å². The SMILES string of the molecule is O=C(CSc1nnc(-c2ccoc2)c(-c2ccoc2)n1)c1ccc(Br)cc1. The fraction of sp³-hybridized carbons (Fsp3) is 0.0526. The Bertz CT molecular complexity index is 1050. The van der Waals surface area contributed by atoms with Crippen molar-refractivity contribution in [1.29, 1.82) is 0 Å². The van der Waals surface area contributed by atoms with Crippen LogP contribution in [0.25, 0.3) is 22.5 Å². The van der Waals surface area contributed by atoms with Crippen molar-refractivity contribution in [3.05, 3.63) is 71.5 Å². The van der Waals surface area contributed by atoms with Gasteiger partial charge in [0, 0.05) is 21.2 Å². The molecule has 27 heavy (non-hydrogen) atoms. The van der Waals surface area contributed by atoms with Crippen molar-refractivity contribution in [3.63, 3.8) is 0 Å². The molecule has 0 aliphatic rings. The number of hydrogen-bond acceptors (Lipinski definition) is 7. The molecule has 3 heterocycles. The third-order valence-corrected chi connectivity index (χ3v) is 5.12. The molecule has 0 spiro atoms. The van der Waals surface area contributed by atoms with Crippen LogP contribution in [0.2, 0.25) is 0 Å². The van der Waals surface area contributed by atoms with E-state index in [1.165, 1.54) is 11.8 Å². The van der Waals surface area contributed by atoms with Gasteiger partial charge in [-0.2, -0.15) is 0 Å². The molecule has 3 aromatic heterocycles. The van der Waals surface area contributed by atoms with E-state index in [1.54, 1.807) is 49.3 Å². The predicted octanol–water partition coefficient (Wildman–Crippen LogP) is 5.13. The number of hydrogen-bond donors (Lipinski definition) is 0. The first-order valence-corrected chi connectivity index (χ1v) is 9.70. The van der Waals surface area contributed by atoms with Crippen molar-refractivity contribution >= 4 is 33.5 Å². The van der Waals surface area contributed by atoms with Crippen LogP contribution in [0, 0.1) is 0 Å². The largest absolute Gasteiger partial charge is 0.472 e. The Labute approximate surface area is 167 Å². The molecule has 0 aliphatic heterocycles. The molecular formula is C19H12BrN3O3S. The molecule has 1 aromatic carbocycles. The lowest BCUT2D eigenvalue weighted by Crippen LogP contribution is -2.04. The van der Waals surface area contributed by atoms with Crippen LogP contribution in [0.3, 0.4) is 0 Å². The lowest BCUT2D eigenvalue weighted by molar-refractivity contribution is 0.102. The number of ketones is 1. The maximum Gasteiger partial charge on any atom is 0.210 e. The van der Waals surface area contributed by atoms with E-state index in [4.69, 9.17) is 8.83 Å². The maximum atomic E-state index is 12.4. The first-order valence-electron chi connectivity index (χ1n) is 7.92. The molecule has 0 saturated carbocycles. The summed E-state index contributed by atoms with van der Waals surface area (Å²) in [7, 11) is 0. The number of Topliss-reactive ketones (excluding diaryl/α,β-unsaturated/α-hetero) is 1. The fourth-order valence-electron chi connectivity index (χ4n) is 2.42. The van der Waals surface area contributed by atoms with Crippen molar-refractivity contribution in [2.45, 2.75) is 5.16 Å². The Kier molecular flexibility index (Phi) is 5.17. The summed E-state index contributed by atoms with van der Waals surface area (Å²) in [6.45, 7) is 0. The highest BCUT2D eigenvalue weighted by Gasteiger charge is 2.16. The van der Waals surface area contributed by atoms with Crippen LogP contribution >= 0.6 is 27.7 Å². The molecule has 0 amide bonds. The van der Waals surface area contributed by atoms with Gasteiger partial charge in [-0.15, -0.1) is 10.2 Å². The van der Waals surface area contributed by atoms with Gasteiger partial charge in [-0.1, -0.05) is 39.8 Å². The second kappa shape index (κ2) is 7.89. The summed E-state index contributed by atoms with van der Waals surface area (Å²) in [5, 5.41) is 8.86. The van der Waals surface area contributed by atoms with Crippen molar-refractivity contribution in [2.75, 3.05) is 5.75 Å². The number of halogens is 1. The predicted molar refractivity (Wildman–Crippen MR) is 104 cm³/mol. The van der Waals surface area contributed by atoms with E-state index < -0.39 is 0 Å². The molecule has 0 N–H and O–H groups in total. The zero-order valence-corrected chi connectivity index (χ0v) is 16.2. The molecule has 0 aliphatic carbocycles. The quantitative estimate of drug-likeness (QED) is 0.303. The van der Waals surface area contributed by atoms with Crippen molar-refractivity contribution in [1.82, 2.24) is 15.2 Å². The number of benzene rings is 1. The molecule has 0 radical (unpaired) electrons. The van der Waals surface area contributed by atoms with Crippen LogP contribution < -0.4 is 0 Å². The van der Waals surface area contributed by atoms with E-state index in [0.29, 0.717) is 22.1 Å². The van der Waals surface area contributed by atoms with E-state index in [0.717, 1.165) is 15.6 Å². The minimum absolute atomic E-state index is 0.000118. The molecule has 4 aromatic rings. The average molecular weight is 442 g/mol. The van der Waals surface area contributed by atoms with Crippen LogP contribution in [0.1, 0.15) is 10.4 Å². The van der Waals surface area contributed by atoms with Gasteiger partial charge in [0.15, 0.2) is 5.78 Å². The van der Waals surface area contributed by atoms with Gasteiger partial charge in [-0.05, 0) is 24.3 Å². The fourth-order valence-corrected chi connectivity index (χ4v) is 3.36. The van der Waals surface area contributed by atoms with Gasteiger partial charge in [0.2, 0.25) is 5.16 Å². The number of carbonyl (C=O) groups is 1. The number of nitrogens with zero attached hydrogens (tertiary/aromatic N) is 3. The monoisotopic (exact) mass is 441 g/mol. The number of rotatable bonds is 6. The highest BCUT2D eigenvalue weighted by Crippen LogP contribution is 2.30. The Hall–Kier alpha value is -2.71. The van der Waals surface area contributed by atoms with Gasteiger partial charge in [0.05, 0.1) is 30.8 Å². The molecule has 8 heteroatoms. The Morgan fingerprint density at radius 3 is 2.22 bits per heavy atom. The molecule has 0 fully saturated rings. The first kappa shape index (κ1) is 17.7. The van der Waals surface area contributed by atoms with Crippen LogP contribution in [0.15, 0.2) is 79.9 Å². The topological polar surface area (TPSA) is 82.0 Å². The Morgan fingerprint density at radius 1 is 0.926 bits per heavy atom. The van der Waals surface area contributed by atoms with E-state index in [9.17, 15) is 4.79 Å². The second-order valence-electron chi connectivity index (χ2n) is 5.53. The van der Waals surface area contributed by atoms with Gasteiger partial charge in [-0.25, -0.2) is 4.98 Å². The number of furan rings is 2. The summed E-state index contributed by atoms with van der Waals surface area (Å²) < 4.78 is 11.2. The minimum Gasteiger partial charge on any atom is -0.472 e. The van der Waals surface area contributed by atoms with Gasteiger partial charge in [0.25, 0.3) is 0 Å². The lowest BCUT2D eigenvalue weighted by Gasteiger charge is -2.06. The number of aromatic nitrogens is 3. The molecule has 0 atom stereocenters. The summed E-state index contributed by atoms with van der Waals surface area (Å²) in [6, 6.07) is 10.8. The first-order chi connectivity index (χ1) is 13.2. The Morgan fingerprint density at radius 2 is 1.59 bits per heavy atom. The molecular weight excluding hydrogens is 430 g/mol. The van der Waals surface area contributed by atoms with E-state index in [-0.39, 0.29) is 11.5 Å². The smallest absolute Gasteiger partial charge is 0.210 e. The Balaban J connectivity index is 1.58. The van der Waals surface area contributed by atoms with Crippen LogP contribution in [-0.2, 0) is 0 Å². The normalized spacial score (nSPS) is 10.9. The van der Waals surface area contributed by atoms with Crippen molar-refractivity contribution in [2.24, 2.45) is 0 Å². The highest BCUT2D eigenvalue weighted by molar-refractivity contribution is 9.10. The molecule has 4 rings (SSSR count). The van der Waals surface area contributed by atoms with Gasteiger partial charge in [-0.3, -0.25) is 4.79 Å². The van der Waals surface area contributed by atoms with Crippen LogP contribution in [0.5, 0.6) is 0 Å². The third-order valence-electron chi connectivity index (χ3n) is 3.76. The average Bonchev–Trinajstić information content (AvgIpc) is 3.40. The number of thioether (sulfide) groups is 1. The van der Waals surface area contributed by atoms with Gasteiger partial charge in [0.1, 0.15) is 11.4 Å². The lowest BCUT2D eigenvalue weighted by atomic mass is 10.1. The van der Waals surface area contributed by atoms with E-state index >= 15 is 0 Å². The van der Waals surface area contributed by atoms with E-state index in [2.05, 4.69) is 31.1 Å². The van der Waals surface area contributed by atoms with Crippen LogP contribution in [0.4, 0.5) is 0 Å². The maximum absolute atomic E-state index is 12.4. The van der Waals surface area contributed by atoms with Crippen molar-refractivity contribution < 1.29 is 13.6 Å². The zero-order valence-electron chi connectivity index (χ0n) is 13.8. The summed E-state index contributed by atoms with van der Waals surface area (Å²) in [4.78, 5) is 16.9. The summed E-state index contributed by atoms with van der Waals surface area (Å²) >= 11 is 4.61. The molecule has 0 bridgehead atoms. The highest BCUT2D eigenvalue weighted by atomic mass is 79.9. The molecule has 0 saturated heterocycles. The standard InChI is InChI=1S/C19H12BrN3O3S/c20-15-3-1-12(2-4-15)16(24)11-27-19-21-17(13-5-7-25-9-13)18(22-23-19)14-6-8-26-10-14/h1-10H,11H2.